The van der Waals surface area contributed by atoms with Crippen molar-refractivity contribution in [1.29, 1.82) is 0 Å². The Hall–Kier alpha value is -0.0400. The van der Waals surface area contributed by atoms with Crippen molar-refractivity contribution in [2.24, 2.45) is 29.6 Å². The van der Waals surface area contributed by atoms with Gasteiger partial charge in [-0.25, -0.2) is 0 Å². The minimum atomic E-state index is 0.448. The zero-order valence-electron chi connectivity index (χ0n) is 11.0. The SMILES string of the molecule is CC(C)[C@H](C)OC1CC2CC1C1CCCC21. The first-order valence-electron chi connectivity index (χ1n) is 7.32. The number of rotatable bonds is 3. The highest BCUT2D eigenvalue weighted by Gasteiger charge is 2.54. The van der Waals surface area contributed by atoms with Crippen LogP contribution in [0.3, 0.4) is 0 Å². The van der Waals surface area contributed by atoms with Crippen LogP contribution in [0.1, 0.15) is 52.9 Å². The molecular weight excluding hydrogens is 196 g/mol. The number of hydrogen-bond donors (Lipinski definition) is 0. The summed E-state index contributed by atoms with van der Waals surface area (Å²) in [4.78, 5) is 0. The Balaban J connectivity index is 1.63. The van der Waals surface area contributed by atoms with E-state index in [-0.39, 0.29) is 0 Å². The van der Waals surface area contributed by atoms with E-state index < -0.39 is 0 Å². The van der Waals surface area contributed by atoms with Crippen molar-refractivity contribution < 1.29 is 4.74 Å². The van der Waals surface area contributed by atoms with Gasteiger partial charge in [0, 0.05) is 0 Å². The van der Waals surface area contributed by atoms with Crippen LogP contribution in [0, 0.1) is 29.6 Å². The predicted molar refractivity (Wildman–Crippen MR) is 66.2 cm³/mol. The molecule has 6 atom stereocenters. The van der Waals surface area contributed by atoms with Crippen molar-refractivity contribution in [3.8, 4) is 0 Å². The molecule has 0 N–H and O–H groups in total. The molecule has 16 heavy (non-hydrogen) atoms. The third-order valence-corrected chi connectivity index (χ3v) is 5.70. The van der Waals surface area contributed by atoms with E-state index in [1.807, 2.05) is 0 Å². The van der Waals surface area contributed by atoms with Gasteiger partial charge in [-0.2, -0.15) is 0 Å². The minimum absolute atomic E-state index is 0.448. The molecule has 3 aliphatic carbocycles. The largest absolute Gasteiger partial charge is 0.375 e. The fourth-order valence-electron chi connectivity index (χ4n) is 4.59. The van der Waals surface area contributed by atoms with E-state index in [2.05, 4.69) is 20.8 Å². The summed E-state index contributed by atoms with van der Waals surface area (Å²) in [5, 5.41) is 0. The molecule has 92 valence electrons. The summed E-state index contributed by atoms with van der Waals surface area (Å²) in [7, 11) is 0. The summed E-state index contributed by atoms with van der Waals surface area (Å²) in [5.74, 6) is 4.77. The highest BCUT2D eigenvalue weighted by Crippen LogP contribution is 2.59. The van der Waals surface area contributed by atoms with Crippen molar-refractivity contribution in [2.45, 2.75) is 65.1 Å². The zero-order chi connectivity index (χ0) is 11.3. The Kier molecular flexibility index (Phi) is 2.78. The fourth-order valence-corrected chi connectivity index (χ4v) is 4.59. The van der Waals surface area contributed by atoms with E-state index in [1.165, 1.54) is 32.1 Å². The lowest BCUT2D eigenvalue weighted by Crippen LogP contribution is -2.34. The zero-order valence-corrected chi connectivity index (χ0v) is 11.0. The average molecular weight is 222 g/mol. The lowest BCUT2D eigenvalue weighted by molar-refractivity contribution is -0.0669. The lowest BCUT2D eigenvalue weighted by Gasteiger charge is -2.34. The van der Waals surface area contributed by atoms with Crippen molar-refractivity contribution in [2.75, 3.05) is 0 Å². The van der Waals surface area contributed by atoms with Crippen LogP contribution in [0.4, 0.5) is 0 Å². The number of ether oxygens (including phenoxy) is 1. The Labute approximate surface area is 99.9 Å². The molecule has 0 aliphatic heterocycles. The fraction of sp³-hybridized carbons (Fsp3) is 1.00. The van der Waals surface area contributed by atoms with E-state index in [9.17, 15) is 0 Å². The van der Waals surface area contributed by atoms with E-state index in [0.29, 0.717) is 18.1 Å². The van der Waals surface area contributed by atoms with Gasteiger partial charge >= 0.3 is 0 Å². The minimum Gasteiger partial charge on any atom is -0.375 e. The van der Waals surface area contributed by atoms with Crippen LogP contribution in [0.25, 0.3) is 0 Å². The molecule has 5 unspecified atom stereocenters. The highest BCUT2D eigenvalue weighted by molar-refractivity contribution is 5.03. The van der Waals surface area contributed by atoms with Crippen LogP contribution in [-0.2, 0) is 4.74 Å². The maximum Gasteiger partial charge on any atom is 0.0612 e. The number of hydrogen-bond acceptors (Lipinski definition) is 1. The van der Waals surface area contributed by atoms with Crippen LogP contribution in [-0.4, -0.2) is 12.2 Å². The Morgan fingerprint density at radius 3 is 2.44 bits per heavy atom. The normalized spacial score (nSPS) is 47.6. The molecular formula is C15H26O. The van der Waals surface area contributed by atoms with Crippen LogP contribution in [0.5, 0.6) is 0 Å². The smallest absolute Gasteiger partial charge is 0.0612 e. The van der Waals surface area contributed by atoms with Crippen molar-refractivity contribution >= 4 is 0 Å². The van der Waals surface area contributed by atoms with Gasteiger partial charge in [0.25, 0.3) is 0 Å². The molecule has 0 aromatic heterocycles. The standard InChI is InChI=1S/C15H26O/c1-9(2)10(3)16-15-8-11-7-14(15)13-6-4-5-12(11)13/h9-15H,4-8H2,1-3H3/t10-,11?,12?,13?,14?,15?/m0/s1. The first kappa shape index (κ1) is 11.1. The molecule has 0 saturated heterocycles. The molecule has 1 heteroatoms. The molecule has 0 heterocycles. The first-order valence-corrected chi connectivity index (χ1v) is 7.32. The Bertz CT molecular complexity index is 260. The van der Waals surface area contributed by atoms with Gasteiger partial charge in [0.05, 0.1) is 12.2 Å². The third kappa shape index (κ3) is 1.63. The summed E-state index contributed by atoms with van der Waals surface area (Å²) < 4.78 is 6.31. The van der Waals surface area contributed by atoms with Crippen LogP contribution in [0.2, 0.25) is 0 Å². The molecule has 0 aromatic rings. The van der Waals surface area contributed by atoms with Gasteiger partial charge in [-0.05, 0) is 62.2 Å². The number of fused-ring (bicyclic) bond motifs is 5. The third-order valence-electron chi connectivity index (χ3n) is 5.70. The topological polar surface area (TPSA) is 9.23 Å². The molecule has 0 aromatic carbocycles. The van der Waals surface area contributed by atoms with Gasteiger partial charge < -0.3 is 4.74 Å². The summed E-state index contributed by atoms with van der Waals surface area (Å²) in [5.41, 5.74) is 0. The predicted octanol–water partition coefficient (Wildman–Crippen LogP) is 3.87. The van der Waals surface area contributed by atoms with Crippen LogP contribution in [0.15, 0.2) is 0 Å². The molecule has 3 saturated carbocycles. The second kappa shape index (κ2) is 4.01. The molecule has 0 radical (unpaired) electrons. The summed E-state index contributed by atoms with van der Waals surface area (Å²) in [6, 6.07) is 0. The maximum atomic E-state index is 6.31. The van der Waals surface area contributed by atoms with Gasteiger partial charge in [0.15, 0.2) is 0 Å². The van der Waals surface area contributed by atoms with Gasteiger partial charge in [0.1, 0.15) is 0 Å². The molecule has 3 rings (SSSR count). The Morgan fingerprint density at radius 1 is 0.938 bits per heavy atom. The van der Waals surface area contributed by atoms with E-state index in [1.54, 1.807) is 0 Å². The van der Waals surface area contributed by atoms with Gasteiger partial charge in [-0.3, -0.25) is 0 Å². The van der Waals surface area contributed by atoms with Crippen molar-refractivity contribution in [3.05, 3.63) is 0 Å². The second-order valence-electron chi connectivity index (χ2n) is 6.78. The maximum absolute atomic E-state index is 6.31. The van der Waals surface area contributed by atoms with Crippen LogP contribution < -0.4 is 0 Å². The molecule has 3 aliphatic rings. The van der Waals surface area contributed by atoms with Crippen molar-refractivity contribution in [1.82, 2.24) is 0 Å². The second-order valence-corrected chi connectivity index (χ2v) is 6.78. The quantitative estimate of drug-likeness (QED) is 0.704. The van der Waals surface area contributed by atoms with E-state index >= 15 is 0 Å². The monoisotopic (exact) mass is 222 g/mol. The molecule has 0 spiro atoms. The van der Waals surface area contributed by atoms with Gasteiger partial charge in [-0.15, -0.1) is 0 Å². The van der Waals surface area contributed by atoms with E-state index in [0.717, 1.165) is 23.7 Å². The molecule has 3 fully saturated rings. The lowest BCUT2D eigenvalue weighted by atomic mass is 9.80. The molecule has 1 nitrogen and oxygen atoms in total. The van der Waals surface area contributed by atoms with Crippen LogP contribution >= 0.6 is 0 Å². The summed E-state index contributed by atoms with van der Waals surface area (Å²) in [6.07, 6.45) is 8.45. The van der Waals surface area contributed by atoms with Gasteiger partial charge in [0.2, 0.25) is 0 Å². The highest BCUT2D eigenvalue weighted by atomic mass is 16.5. The summed E-state index contributed by atoms with van der Waals surface area (Å²) in [6.45, 7) is 6.80. The molecule has 2 bridgehead atoms. The van der Waals surface area contributed by atoms with Gasteiger partial charge in [-0.1, -0.05) is 20.3 Å². The van der Waals surface area contributed by atoms with Crippen molar-refractivity contribution in [3.63, 3.8) is 0 Å². The average Bonchev–Trinajstić information content (AvgIpc) is 2.87. The van der Waals surface area contributed by atoms with E-state index in [4.69, 9.17) is 4.74 Å². The Morgan fingerprint density at radius 2 is 1.69 bits per heavy atom. The summed E-state index contributed by atoms with van der Waals surface area (Å²) >= 11 is 0. The molecule has 0 amide bonds. The first-order chi connectivity index (χ1) is 7.66.